The molecular formula is C17H24SSi. The van der Waals surface area contributed by atoms with E-state index in [1.54, 1.807) is 11.8 Å². The van der Waals surface area contributed by atoms with E-state index in [2.05, 4.69) is 63.1 Å². The van der Waals surface area contributed by atoms with Gasteiger partial charge >= 0.3 is 0 Å². The zero-order valence-electron chi connectivity index (χ0n) is 12.3. The van der Waals surface area contributed by atoms with Crippen LogP contribution in [-0.2, 0) is 0 Å². The largest absolute Gasteiger partial charge is 0.137 e. The summed E-state index contributed by atoms with van der Waals surface area (Å²) in [7, 11) is -1.34. The van der Waals surface area contributed by atoms with E-state index in [-0.39, 0.29) is 5.25 Å². The van der Waals surface area contributed by atoms with Crippen molar-refractivity contribution in [2.45, 2.75) is 49.0 Å². The second-order valence-electron chi connectivity index (χ2n) is 4.70. The number of hydrogen-bond acceptors (Lipinski definition) is 1. The van der Waals surface area contributed by atoms with Crippen molar-refractivity contribution >= 4 is 19.8 Å². The summed E-state index contributed by atoms with van der Waals surface area (Å²) in [6, 6.07) is 14.2. The number of hydrogen-bond donors (Lipinski definition) is 0. The molecule has 0 aliphatic rings. The second-order valence-corrected chi connectivity index (χ2v) is 10.8. The Bertz CT molecular complexity index is 429. The van der Waals surface area contributed by atoms with Crippen molar-refractivity contribution in [2.75, 3.05) is 0 Å². The topological polar surface area (TPSA) is 0 Å². The molecule has 19 heavy (non-hydrogen) atoms. The molecule has 0 aliphatic carbocycles. The van der Waals surface area contributed by atoms with E-state index in [9.17, 15) is 0 Å². The first-order chi connectivity index (χ1) is 9.19. The Hall–Kier alpha value is -0.913. The van der Waals surface area contributed by atoms with Crippen LogP contribution in [0.15, 0.2) is 47.9 Å². The molecule has 0 heterocycles. The molecule has 1 aromatic carbocycles. The van der Waals surface area contributed by atoms with E-state index in [1.807, 2.05) is 12.1 Å². The van der Waals surface area contributed by atoms with E-state index in [0.29, 0.717) is 0 Å². The molecule has 2 heteroatoms. The summed E-state index contributed by atoms with van der Waals surface area (Å²) in [6.45, 7) is 10.8. The molecule has 1 aromatic rings. The second kappa shape index (κ2) is 8.30. The van der Waals surface area contributed by atoms with E-state index in [4.69, 9.17) is 0 Å². The maximum absolute atomic E-state index is 3.93. The molecule has 0 fully saturated rings. The van der Waals surface area contributed by atoms with Crippen LogP contribution in [0.1, 0.15) is 20.8 Å². The van der Waals surface area contributed by atoms with Crippen LogP contribution in [0.3, 0.4) is 0 Å². The third-order valence-electron chi connectivity index (χ3n) is 3.73. The molecule has 102 valence electrons. The lowest BCUT2D eigenvalue weighted by Gasteiger charge is -2.20. The summed E-state index contributed by atoms with van der Waals surface area (Å²) in [5.41, 5.74) is 3.65. The van der Waals surface area contributed by atoms with Gasteiger partial charge in [0.2, 0.25) is 0 Å². The van der Waals surface area contributed by atoms with Gasteiger partial charge in [-0.15, -0.1) is 23.9 Å². The lowest BCUT2D eigenvalue weighted by molar-refractivity contribution is 1.20. The van der Waals surface area contributed by atoms with E-state index in [0.717, 1.165) is 0 Å². The van der Waals surface area contributed by atoms with Crippen LogP contribution in [0.2, 0.25) is 18.1 Å². The van der Waals surface area contributed by atoms with Gasteiger partial charge in [-0.25, -0.2) is 0 Å². The minimum absolute atomic E-state index is 0.207. The molecule has 1 rings (SSSR count). The lowest BCUT2D eigenvalue weighted by atomic mass is 10.4. The maximum Gasteiger partial charge on any atom is 0.137 e. The van der Waals surface area contributed by atoms with Gasteiger partial charge in [0.1, 0.15) is 8.07 Å². The van der Waals surface area contributed by atoms with Crippen LogP contribution in [0, 0.1) is 11.5 Å². The van der Waals surface area contributed by atoms with Gasteiger partial charge in [0.15, 0.2) is 0 Å². The summed E-state index contributed by atoms with van der Waals surface area (Å²) in [4.78, 5) is 1.26. The minimum Gasteiger partial charge on any atom is -0.130 e. The normalized spacial score (nSPS) is 12.4. The van der Waals surface area contributed by atoms with Crippen LogP contribution in [-0.4, -0.2) is 13.3 Å². The molecule has 0 N–H and O–H groups in total. The standard InChI is InChI=1S/C17H24SSi/c1-5-16(18-17-12-10-9-11-13-17)14-15-19(6-2,7-3)8-4/h5,9-13,16H,1,6-8H2,2-4H3. The quantitative estimate of drug-likeness (QED) is 0.293. The van der Waals surface area contributed by atoms with Crippen LogP contribution >= 0.6 is 11.8 Å². The van der Waals surface area contributed by atoms with Gasteiger partial charge < -0.3 is 0 Å². The van der Waals surface area contributed by atoms with Crippen molar-refractivity contribution in [3.05, 3.63) is 43.0 Å². The monoisotopic (exact) mass is 288 g/mol. The Morgan fingerprint density at radius 3 is 2.21 bits per heavy atom. The molecule has 0 spiro atoms. The fourth-order valence-corrected chi connectivity index (χ4v) is 5.44. The first kappa shape index (κ1) is 16.1. The lowest BCUT2D eigenvalue weighted by Crippen LogP contribution is -2.29. The van der Waals surface area contributed by atoms with Gasteiger partial charge in [-0.2, -0.15) is 0 Å². The van der Waals surface area contributed by atoms with Crippen molar-refractivity contribution in [1.82, 2.24) is 0 Å². The van der Waals surface area contributed by atoms with Crippen LogP contribution in [0.5, 0.6) is 0 Å². The third-order valence-corrected chi connectivity index (χ3v) is 9.57. The van der Waals surface area contributed by atoms with Gasteiger partial charge in [-0.3, -0.25) is 0 Å². The zero-order valence-corrected chi connectivity index (χ0v) is 14.1. The number of benzene rings is 1. The highest BCUT2D eigenvalue weighted by molar-refractivity contribution is 8.00. The molecule has 0 aliphatic heterocycles. The van der Waals surface area contributed by atoms with Crippen molar-refractivity contribution in [2.24, 2.45) is 0 Å². The van der Waals surface area contributed by atoms with E-state index < -0.39 is 8.07 Å². The first-order valence-corrected chi connectivity index (χ1v) is 10.6. The average molecular weight is 289 g/mol. The molecule has 0 saturated heterocycles. The van der Waals surface area contributed by atoms with Gasteiger partial charge in [-0.05, 0) is 30.3 Å². The third kappa shape index (κ3) is 4.93. The molecule has 0 amide bonds. The summed E-state index contributed by atoms with van der Waals surface area (Å²) >= 11 is 1.79. The molecule has 0 nitrogen and oxygen atoms in total. The molecule has 1 atom stereocenters. The van der Waals surface area contributed by atoms with Crippen molar-refractivity contribution < 1.29 is 0 Å². The summed E-state index contributed by atoms with van der Waals surface area (Å²) in [5, 5.41) is 0.207. The SMILES string of the molecule is C=CC(C#C[Si](CC)(CC)CC)Sc1ccccc1. The van der Waals surface area contributed by atoms with Crippen molar-refractivity contribution in [1.29, 1.82) is 0 Å². The predicted molar refractivity (Wildman–Crippen MR) is 91.3 cm³/mol. The highest BCUT2D eigenvalue weighted by atomic mass is 32.2. The highest BCUT2D eigenvalue weighted by Gasteiger charge is 2.24. The Morgan fingerprint density at radius 2 is 1.74 bits per heavy atom. The molecule has 1 unspecified atom stereocenters. The summed E-state index contributed by atoms with van der Waals surface area (Å²) < 4.78 is 0. The zero-order chi connectivity index (χ0) is 14.1. The van der Waals surface area contributed by atoms with Crippen LogP contribution < -0.4 is 0 Å². The molecule has 0 aromatic heterocycles. The highest BCUT2D eigenvalue weighted by Crippen LogP contribution is 2.24. The van der Waals surface area contributed by atoms with E-state index in [1.165, 1.54) is 23.0 Å². The smallest absolute Gasteiger partial charge is 0.130 e. The van der Waals surface area contributed by atoms with Crippen LogP contribution in [0.4, 0.5) is 0 Å². The van der Waals surface area contributed by atoms with Gasteiger partial charge in [0.05, 0.1) is 5.25 Å². The van der Waals surface area contributed by atoms with Gasteiger partial charge in [0.25, 0.3) is 0 Å². The Kier molecular flexibility index (Phi) is 7.05. The fraction of sp³-hybridized carbons (Fsp3) is 0.412. The van der Waals surface area contributed by atoms with Gasteiger partial charge in [-0.1, -0.05) is 51.0 Å². The molecular weight excluding hydrogens is 264 g/mol. The molecule has 0 radical (unpaired) electrons. The van der Waals surface area contributed by atoms with Crippen LogP contribution in [0.25, 0.3) is 0 Å². The Balaban J connectivity index is 2.80. The maximum atomic E-state index is 3.93. The summed E-state index contributed by atoms with van der Waals surface area (Å²) in [5.74, 6) is 3.47. The fourth-order valence-electron chi connectivity index (χ4n) is 2.02. The van der Waals surface area contributed by atoms with Gasteiger partial charge in [0, 0.05) is 4.90 Å². The summed E-state index contributed by atoms with van der Waals surface area (Å²) in [6.07, 6.45) is 1.96. The molecule has 0 saturated carbocycles. The molecule has 0 bridgehead atoms. The van der Waals surface area contributed by atoms with Crippen molar-refractivity contribution in [3.8, 4) is 11.5 Å². The first-order valence-electron chi connectivity index (χ1n) is 7.06. The number of thioether (sulfide) groups is 1. The average Bonchev–Trinajstić information content (AvgIpc) is 2.49. The predicted octanol–water partition coefficient (Wildman–Crippen LogP) is 5.38. The Morgan fingerprint density at radius 1 is 1.16 bits per heavy atom. The minimum atomic E-state index is -1.34. The Labute approximate surface area is 123 Å². The van der Waals surface area contributed by atoms with Crippen molar-refractivity contribution in [3.63, 3.8) is 0 Å². The van der Waals surface area contributed by atoms with E-state index >= 15 is 0 Å². The number of rotatable bonds is 6.